The number of rotatable bonds is 2. The van der Waals surface area contributed by atoms with Crippen molar-refractivity contribution >= 4 is 10.1 Å². The summed E-state index contributed by atoms with van der Waals surface area (Å²) in [4.78, 5) is 0. The van der Waals surface area contributed by atoms with Gasteiger partial charge in [0.05, 0.1) is 5.60 Å². The summed E-state index contributed by atoms with van der Waals surface area (Å²) in [6, 6.07) is 0. The minimum absolute atomic E-state index is 0.227. The van der Waals surface area contributed by atoms with E-state index in [2.05, 4.69) is 4.18 Å². The first-order chi connectivity index (χ1) is 7.24. The molecule has 0 saturated heterocycles. The second-order valence-electron chi connectivity index (χ2n) is 3.80. The van der Waals surface area contributed by atoms with E-state index >= 15 is 0 Å². The molecule has 0 aromatic rings. The third-order valence-electron chi connectivity index (χ3n) is 2.63. The summed E-state index contributed by atoms with van der Waals surface area (Å²) in [6.07, 6.45) is 3.62. The molecule has 1 spiro atoms. The SMILES string of the molecule is O=S(=O)(OC1=CC2(CCC2)OC1)C(F)(F)F. The van der Waals surface area contributed by atoms with Crippen molar-refractivity contribution in [1.29, 1.82) is 0 Å². The highest BCUT2D eigenvalue weighted by molar-refractivity contribution is 7.87. The third-order valence-corrected chi connectivity index (χ3v) is 3.63. The van der Waals surface area contributed by atoms with Crippen LogP contribution in [0.3, 0.4) is 0 Å². The van der Waals surface area contributed by atoms with Gasteiger partial charge in [-0.15, -0.1) is 0 Å². The molecule has 1 heterocycles. The molecule has 0 amide bonds. The second kappa shape index (κ2) is 3.36. The predicted octanol–water partition coefficient (Wildman–Crippen LogP) is 1.69. The summed E-state index contributed by atoms with van der Waals surface area (Å²) >= 11 is 0. The van der Waals surface area contributed by atoms with Gasteiger partial charge in [-0.1, -0.05) is 0 Å². The molecule has 1 saturated carbocycles. The van der Waals surface area contributed by atoms with Gasteiger partial charge in [0, 0.05) is 0 Å². The van der Waals surface area contributed by atoms with Crippen LogP contribution < -0.4 is 0 Å². The third kappa shape index (κ3) is 1.91. The van der Waals surface area contributed by atoms with Crippen LogP contribution in [0.1, 0.15) is 19.3 Å². The van der Waals surface area contributed by atoms with E-state index in [4.69, 9.17) is 4.74 Å². The lowest BCUT2D eigenvalue weighted by Gasteiger charge is -2.35. The molecule has 8 heteroatoms. The lowest BCUT2D eigenvalue weighted by molar-refractivity contribution is -0.0542. The summed E-state index contributed by atoms with van der Waals surface area (Å²) < 4.78 is 66.5. The van der Waals surface area contributed by atoms with E-state index in [0.717, 1.165) is 6.42 Å². The zero-order valence-electron chi connectivity index (χ0n) is 8.08. The minimum atomic E-state index is -5.56. The molecule has 0 N–H and O–H groups in total. The lowest BCUT2D eigenvalue weighted by Crippen LogP contribution is -2.34. The minimum Gasteiger partial charge on any atom is -0.378 e. The van der Waals surface area contributed by atoms with E-state index in [1.807, 2.05) is 0 Å². The zero-order chi connectivity index (χ0) is 12.0. The molecule has 92 valence electrons. The maximum atomic E-state index is 12.0. The summed E-state index contributed by atoms with van der Waals surface area (Å²) in [7, 11) is -5.56. The Morgan fingerprint density at radius 2 is 2.00 bits per heavy atom. The van der Waals surface area contributed by atoms with Crippen LogP contribution in [0.4, 0.5) is 13.2 Å². The van der Waals surface area contributed by atoms with Crippen LogP contribution in [0.5, 0.6) is 0 Å². The number of hydrogen-bond donors (Lipinski definition) is 0. The Bertz CT molecular complexity index is 419. The van der Waals surface area contributed by atoms with Crippen molar-refractivity contribution in [2.45, 2.75) is 30.4 Å². The molecule has 0 radical (unpaired) electrons. The van der Waals surface area contributed by atoms with Gasteiger partial charge < -0.3 is 8.92 Å². The Morgan fingerprint density at radius 1 is 1.38 bits per heavy atom. The fourth-order valence-corrected chi connectivity index (χ4v) is 2.11. The highest BCUT2D eigenvalue weighted by Crippen LogP contribution is 2.42. The summed E-state index contributed by atoms with van der Waals surface area (Å²) in [5.41, 5.74) is -5.99. The average molecular weight is 258 g/mol. The fourth-order valence-electron chi connectivity index (χ4n) is 1.64. The van der Waals surface area contributed by atoms with Crippen molar-refractivity contribution in [3.63, 3.8) is 0 Å². The molecule has 1 aliphatic heterocycles. The van der Waals surface area contributed by atoms with Crippen molar-refractivity contribution in [2.75, 3.05) is 6.61 Å². The van der Waals surface area contributed by atoms with E-state index in [1.165, 1.54) is 6.08 Å². The van der Waals surface area contributed by atoms with Crippen molar-refractivity contribution in [3.8, 4) is 0 Å². The van der Waals surface area contributed by atoms with Crippen LogP contribution in [0.25, 0.3) is 0 Å². The first-order valence-electron chi connectivity index (χ1n) is 4.61. The van der Waals surface area contributed by atoms with E-state index in [1.54, 1.807) is 0 Å². The topological polar surface area (TPSA) is 52.6 Å². The highest BCUT2D eigenvalue weighted by atomic mass is 32.2. The quantitative estimate of drug-likeness (QED) is 0.558. The molecule has 0 aromatic heterocycles. The van der Waals surface area contributed by atoms with Crippen LogP contribution in [0, 0.1) is 0 Å². The van der Waals surface area contributed by atoms with Crippen molar-refractivity contribution in [3.05, 3.63) is 11.8 Å². The van der Waals surface area contributed by atoms with E-state index in [-0.39, 0.29) is 12.4 Å². The largest absolute Gasteiger partial charge is 0.534 e. The van der Waals surface area contributed by atoms with Gasteiger partial charge in [-0.25, -0.2) is 0 Å². The second-order valence-corrected chi connectivity index (χ2v) is 5.34. The van der Waals surface area contributed by atoms with Gasteiger partial charge in [-0.3, -0.25) is 0 Å². The maximum Gasteiger partial charge on any atom is 0.534 e. The van der Waals surface area contributed by atoms with Crippen LogP contribution in [-0.2, 0) is 19.0 Å². The fraction of sp³-hybridized carbons (Fsp3) is 0.750. The number of ether oxygens (including phenoxy) is 1. The zero-order valence-corrected chi connectivity index (χ0v) is 8.90. The Hall–Kier alpha value is -0.760. The molecule has 2 aliphatic rings. The molecule has 1 fully saturated rings. The van der Waals surface area contributed by atoms with Crippen molar-refractivity contribution in [2.24, 2.45) is 0 Å². The van der Waals surface area contributed by atoms with E-state index < -0.39 is 21.2 Å². The van der Waals surface area contributed by atoms with Crippen molar-refractivity contribution < 1.29 is 30.5 Å². The number of hydrogen-bond acceptors (Lipinski definition) is 4. The van der Waals surface area contributed by atoms with Crippen LogP contribution >= 0.6 is 0 Å². The summed E-state index contributed by atoms with van der Waals surface area (Å²) in [6.45, 7) is -0.227. The maximum absolute atomic E-state index is 12.0. The Labute approximate surface area is 90.2 Å². The van der Waals surface area contributed by atoms with Gasteiger partial charge in [-0.05, 0) is 25.3 Å². The Morgan fingerprint density at radius 3 is 2.38 bits per heavy atom. The molecule has 0 aromatic carbocycles. The van der Waals surface area contributed by atoms with Gasteiger partial charge in [0.2, 0.25) is 0 Å². The van der Waals surface area contributed by atoms with E-state index in [9.17, 15) is 21.6 Å². The summed E-state index contributed by atoms with van der Waals surface area (Å²) in [5, 5.41) is 0. The van der Waals surface area contributed by atoms with Crippen LogP contribution in [0.15, 0.2) is 11.8 Å². The first kappa shape index (κ1) is 11.7. The summed E-state index contributed by atoms with van der Waals surface area (Å²) in [5.74, 6) is -0.281. The van der Waals surface area contributed by atoms with Gasteiger partial charge in [0.15, 0.2) is 0 Å². The highest BCUT2D eigenvalue weighted by Gasteiger charge is 2.50. The molecule has 0 bridgehead atoms. The predicted molar refractivity (Wildman–Crippen MR) is 46.7 cm³/mol. The smallest absolute Gasteiger partial charge is 0.378 e. The lowest BCUT2D eigenvalue weighted by atomic mass is 9.80. The van der Waals surface area contributed by atoms with Gasteiger partial charge >= 0.3 is 15.6 Å². The standard InChI is InChI=1S/C8H9F3O4S/c9-8(10,11)16(12,13)15-6-4-7(14-5-6)2-1-3-7/h4H,1-3,5H2. The molecule has 0 atom stereocenters. The number of alkyl halides is 3. The van der Waals surface area contributed by atoms with Crippen LogP contribution in [-0.4, -0.2) is 26.1 Å². The normalized spacial score (nSPS) is 24.1. The molecule has 16 heavy (non-hydrogen) atoms. The molecule has 0 unspecified atom stereocenters. The van der Waals surface area contributed by atoms with Crippen molar-refractivity contribution in [1.82, 2.24) is 0 Å². The van der Waals surface area contributed by atoms with E-state index in [0.29, 0.717) is 12.8 Å². The first-order valence-corrected chi connectivity index (χ1v) is 6.01. The van der Waals surface area contributed by atoms with Gasteiger partial charge in [-0.2, -0.15) is 21.6 Å². The Balaban J connectivity index is 2.10. The molecule has 2 rings (SSSR count). The van der Waals surface area contributed by atoms with Crippen LogP contribution in [0.2, 0.25) is 0 Å². The molecule has 4 nitrogen and oxygen atoms in total. The molecular weight excluding hydrogens is 249 g/mol. The number of halogens is 3. The Kier molecular flexibility index (Phi) is 2.46. The monoisotopic (exact) mass is 258 g/mol. The van der Waals surface area contributed by atoms with Gasteiger partial charge in [0.25, 0.3) is 0 Å². The molecule has 1 aliphatic carbocycles. The molecular formula is C8H9F3O4S. The average Bonchev–Trinajstić information content (AvgIpc) is 2.44. The van der Waals surface area contributed by atoms with Gasteiger partial charge in [0.1, 0.15) is 12.4 Å².